The second-order valence-electron chi connectivity index (χ2n) is 10.2. The lowest BCUT2D eigenvalue weighted by Gasteiger charge is -2.47. The van der Waals surface area contributed by atoms with Gasteiger partial charge in [-0.3, -0.25) is 14.4 Å². The second kappa shape index (κ2) is 10.1. The Hall–Kier alpha value is -2.15. The highest BCUT2D eigenvalue weighted by Gasteiger charge is 2.60. The van der Waals surface area contributed by atoms with Crippen molar-refractivity contribution in [2.24, 2.45) is 17.6 Å². The summed E-state index contributed by atoms with van der Waals surface area (Å²) in [6.45, 7) is 7.02. The maximum Gasteiger partial charge on any atom is 0.353 e. The average Bonchev–Trinajstić information content (AvgIpc) is 3.44. The minimum Gasteiger partial charge on any atom is -0.477 e. The summed E-state index contributed by atoms with van der Waals surface area (Å²) in [6, 6.07) is -0.914. The lowest BCUT2D eigenvalue weighted by molar-refractivity contribution is -0.158. The van der Waals surface area contributed by atoms with Gasteiger partial charge < -0.3 is 36.6 Å². The third-order valence-electron chi connectivity index (χ3n) is 7.63. The second-order valence-corrected chi connectivity index (χ2v) is 11.5. The maximum atomic E-state index is 13.0. The molecule has 4 heterocycles. The molecule has 3 fully saturated rings. The first-order valence-electron chi connectivity index (χ1n) is 12.3. The van der Waals surface area contributed by atoms with Gasteiger partial charge in [0.1, 0.15) is 5.70 Å². The van der Waals surface area contributed by atoms with Gasteiger partial charge in [-0.25, -0.2) is 4.79 Å². The Morgan fingerprint density at radius 3 is 2.60 bits per heavy atom. The van der Waals surface area contributed by atoms with Crippen LogP contribution in [0.5, 0.6) is 0 Å². The lowest BCUT2D eigenvalue weighted by Crippen LogP contribution is -2.66. The first kappa shape index (κ1) is 25.9. The molecule has 0 saturated carbocycles. The van der Waals surface area contributed by atoms with Gasteiger partial charge in [0.25, 0.3) is 0 Å². The normalized spacial score (nSPS) is 35.2. The van der Waals surface area contributed by atoms with E-state index >= 15 is 0 Å². The van der Waals surface area contributed by atoms with Crippen molar-refractivity contribution >= 4 is 35.5 Å². The first-order valence-corrected chi connectivity index (χ1v) is 13.1. The van der Waals surface area contributed by atoms with Gasteiger partial charge in [-0.15, -0.1) is 11.8 Å². The molecule has 1 unspecified atom stereocenters. The molecule has 0 spiro atoms. The number of likely N-dealkylation sites (N-methyl/N-ethyl adjacent to an activating group) is 1. The predicted molar refractivity (Wildman–Crippen MR) is 131 cm³/mol. The lowest BCUT2D eigenvalue weighted by atomic mass is 9.78. The topological polar surface area (TPSA) is 157 Å². The van der Waals surface area contributed by atoms with Crippen molar-refractivity contribution in [2.45, 2.75) is 69.1 Å². The fourth-order valence-corrected chi connectivity index (χ4v) is 7.47. The molecule has 0 aromatic carbocycles. The summed E-state index contributed by atoms with van der Waals surface area (Å²) in [5.41, 5.74) is 6.06. The van der Waals surface area contributed by atoms with E-state index in [-0.39, 0.29) is 65.3 Å². The fraction of sp³-hybridized carbons (Fsp3) is 0.739. The van der Waals surface area contributed by atoms with Crippen molar-refractivity contribution in [3.05, 3.63) is 10.6 Å². The molecule has 0 bridgehead atoms. The molecule has 3 saturated heterocycles. The average molecular weight is 509 g/mol. The smallest absolute Gasteiger partial charge is 0.353 e. The Bertz CT molecular complexity index is 943. The zero-order chi connectivity index (χ0) is 25.6. The Morgan fingerprint density at radius 2 is 2.00 bits per heavy atom. The molecule has 0 aromatic rings. The minimum absolute atomic E-state index is 0.00330. The number of carboxylic acid groups (broad SMARTS) is 1. The van der Waals surface area contributed by atoms with Gasteiger partial charge in [0, 0.05) is 47.3 Å². The summed E-state index contributed by atoms with van der Waals surface area (Å²) in [6.07, 6.45) is 1.38. The number of carbonyl (C=O) groups excluding carboxylic acids is 3. The van der Waals surface area contributed by atoms with Gasteiger partial charge in [0.05, 0.1) is 24.5 Å². The number of β-lactam (4-membered cyclic amide) rings is 1. The van der Waals surface area contributed by atoms with E-state index in [1.807, 2.05) is 18.7 Å². The number of fused-ring (bicyclic) bond motifs is 1. The first-order chi connectivity index (χ1) is 16.5. The summed E-state index contributed by atoms with van der Waals surface area (Å²) < 4.78 is 0. The highest BCUT2D eigenvalue weighted by molar-refractivity contribution is 8.03. The highest BCUT2D eigenvalue weighted by Crippen LogP contribution is 2.51. The molecule has 6 N–H and O–H groups in total. The number of nitrogens with one attached hydrogen (secondary N) is 3. The van der Waals surface area contributed by atoms with Gasteiger partial charge in [-0.2, -0.15) is 0 Å². The van der Waals surface area contributed by atoms with Gasteiger partial charge in [-0.05, 0) is 33.7 Å². The summed E-state index contributed by atoms with van der Waals surface area (Å²) in [5, 5.41) is 18.9. The van der Waals surface area contributed by atoms with Gasteiger partial charge in [0.2, 0.25) is 17.7 Å². The summed E-state index contributed by atoms with van der Waals surface area (Å²) in [4.78, 5) is 54.1. The zero-order valence-corrected chi connectivity index (χ0v) is 21.4. The van der Waals surface area contributed by atoms with E-state index in [0.29, 0.717) is 24.4 Å². The van der Waals surface area contributed by atoms with E-state index in [1.165, 1.54) is 16.7 Å². The monoisotopic (exact) mass is 508 g/mol. The molecule has 8 atom stereocenters. The number of carbonyl (C=O) groups is 4. The van der Waals surface area contributed by atoms with Crippen molar-refractivity contribution in [1.82, 2.24) is 25.8 Å². The van der Waals surface area contributed by atoms with Gasteiger partial charge in [-0.1, -0.05) is 6.92 Å². The molecule has 3 amide bonds. The van der Waals surface area contributed by atoms with Crippen LogP contribution in [0, 0.1) is 11.8 Å². The molecule has 35 heavy (non-hydrogen) atoms. The van der Waals surface area contributed by atoms with Crippen LogP contribution in [-0.2, 0) is 19.2 Å². The van der Waals surface area contributed by atoms with Crippen molar-refractivity contribution in [3.63, 3.8) is 0 Å². The largest absolute Gasteiger partial charge is 0.477 e. The molecular formula is C23H36N6O5S. The number of nitrogens with two attached hydrogens (primary N) is 1. The summed E-state index contributed by atoms with van der Waals surface area (Å²) in [7, 11) is 1.67. The van der Waals surface area contributed by atoms with Gasteiger partial charge in [0.15, 0.2) is 0 Å². The molecule has 0 aromatic heterocycles. The van der Waals surface area contributed by atoms with Crippen LogP contribution in [0.15, 0.2) is 10.6 Å². The number of aliphatic carboxylic acids is 1. The summed E-state index contributed by atoms with van der Waals surface area (Å²) in [5.74, 6) is -2.22. The Labute approximate surface area is 209 Å². The van der Waals surface area contributed by atoms with Crippen LogP contribution in [0.4, 0.5) is 0 Å². The van der Waals surface area contributed by atoms with Crippen molar-refractivity contribution in [1.29, 1.82) is 0 Å². The molecule has 4 aliphatic heterocycles. The van der Waals surface area contributed by atoms with Crippen LogP contribution in [0.2, 0.25) is 0 Å². The van der Waals surface area contributed by atoms with Gasteiger partial charge >= 0.3 is 5.97 Å². The van der Waals surface area contributed by atoms with Crippen molar-refractivity contribution < 1.29 is 24.3 Å². The maximum absolute atomic E-state index is 13.0. The van der Waals surface area contributed by atoms with E-state index in [4.69, 9.17) is 5.73 Å². The Balaban J connectivity index is 1.44. The Kier molecular flexibility index (Phi) is 7.46. The SMILES string of the molecule is CNCC(=O)N[C@H](C)[C@H]1C(=O)N2C(C(=O)O)=C(S[C@@H]3CNC(C(=O)N4C[C@@H](N)C[C@H]4C)C3)[C@H](C)[C@H]12. The minimum atomic E-state index is -1.13. The van der Waals surface area contributed by atoms with Crippen LogP contribution in [0.3, 0.4) is 0 Å². The number of thioether (sulfide) groups is 1. The molecule has 0 aliphatic carbocycles. The molecule has 12 heteroatoms. The third kappa shape index (κ3) is 4.68. The van der Waals surface area contributed by atoms with Crippen molar-refractivity contribution in [2.75, 3.05) is 26.7 Å². The number of likely N-dealkylation sites (tertiary alicyclic amines) is 1. The summed E-state index contributed by atoms with van der Waals surface area (Å²) >= 11 is 1.46. The van der Waals surface area contributed by atoms with Crippen LogP contribution in [0.1, 0.15) is 33.6 Å². The number of nitrogens with zero attached hydrogens (tertiary/aromatic N) is 2. The molecular weight excluding hydrogens is 472 g/mol. The van der Waals surface area contributed by atoms with Crippen molar-refractivity contribution in [3.8, 4) is 0 Å². The Morgan fingerprint density at radius 1 is 1.29 bits per heavy atom. The number of carboxylic acids is 1. The molecule has 194 valence electrons. The molecule has 0 radical (unpaired) electrons. The van der Waals surface area contributed by atoms with Crippen LogP contribution in [0.25, 0.3) is 0 Å². The zero-order valence-electron chi connectivity index (χ0n) is 20.6. The predicted octanol–water partition coefficient (Wildman–Crippen LogP) is -1.10. The number of rotatable bonds is 8. The van der Waals surface area contributed by atoms with Crippen LogP contribution >= 0.6 is 11.8 Å². The van der Waals surface area contributed by atoms with E-state index in [1.54, 1.807) is 14.0 Å². The van der Waals surface area contributed by atoms with E-state index in [0.717, 1.165) is 6.42 Å². The quantitative estimate of drug-likeness (QED) is 0.257. The number of amides is 3. The highest BCUT2D eigenvalue weighted by atomic mass is 32.2. The standard InChI is InChI=1S/C23H36N6O5S/c1-10-5-13(24)9-28(10)21(31)15-6-14(7-26-15)35-20-11(2)18-17(12(3)27-16(30)8-25-4)22(32)29(18)19(20)23(33)34/h10-15,17-18,25-26H,5-9,24H2,1-4H3,(H,27,30)(H,33,34)/t10-,11-,12-,13+,14+,15?,17-,18-/m1/s1. The van der Waals surface area contributed by atoms with E-state index in [9.17, 15) is 24.3 Å². The van der Waals surface area contributed by atoms with Crippen LogP contribution in [-0.4, -0.2) is 101 Å². The van der Waals surface area contributed by atoms with E-state index < -0.39 is 17.9 Å². The fourth-order valence-electron chi connectivity index (χ4n) is 5.99. The van der Waals surface area contributed by atoms with E-state index in [2.05, 4.69) is 16.0 Å². The number of hydrogen-bond acceptors (Lipinski definition) is 8. The van der Waals surface area contributed by atoms with Crippen LogP contribution < -0.4 is 21.7 Å². The molecule has 4 rings (SSSR count). The third-order valence-corrected chi connectivity index (χ3v) is 9.14. The molecule has 4 aliphatic rings. The number of hydrogen-bond donors (Lipinski definition) is 5. The molecule has 11 nitrogen and oxygen atoms in total.